The largest absolute Gasteiger partial charge is 0.375 e. The minimum Gasteiger partial charge on any atom is -0.375 e. The van der Waals surface area contributed by atoms with Crippen LogP contribution in [0.1, 0.15) is 58.8 Å². The first-order valence-corrected chi connectivity index (χ1v) is 7.82. The van der Waals surface area contributed by atoms with Gasteiger partial charge < -0.3 is 10.1 Å². The lowest BCUT2D eigenvalue weighted by atomic mass is 9.74. The van der Waals surface area contributed by atoms with Crippen molar-refractivity contribution < 1.29 is 4.74 Å². The molecule has 1 aliphatic heterocycles. The van der Waals surface area contributed by atoms with Crippen molar-refractivity contribution in [1.29, 1.82) is 5.41 Å². The highest BCUT2D eigenvalue weighted by Gasteiger charge is 2.42. The second kappa shape index (κ2) is 6.17. The van der Waals surface area contributed by atoms with Crippen molar-refractivity contribution in [2.45, 2.75) is 64.4 Å². The predicted octanol–water partition coefficient (Wildman–Crippen LogP) is 3.86. The van der Waals surface area contributed by atoms with E-state index >= 15 is 0 Å². The summed E-state index contributed by atoms with van der Waals surface area (Å²) in [5.74, 6) is 0.894. The van der Waals surface area contributed by atoms with Gasteiger partial charge in [0.15, 0.2) is 0 Å². The topological polar surface area (TPSA) is 45.4 Å². The Kier molecular flexibility index (Phi) is 4.77. The van der Waals surface area contributed by atoms with Gasteiger partial charge in [-0.25, -0.2) is 0 Å². The van der Waals surface area contributed by atoms with E-state index in [1.54, 1.807) is 0 Å². The summed E-state index contributed by atoms with van der Waals surface area (Å²) in [6.45, 7) is 5.34. The molecule has 0 aromatic carbocycles. The minimum atomic E-state index is 0.0688. The standard InChI is InChI=1S/C16H28N2O/c1-4-9-16(5-2)11-12(8-10-19-16)15-13(17)6-7-14(15)18-3/h12,15,17H,4-11H2,1-3H3. The van der Waals surface area contributed by atoms with Crippen LogP contribution in [-0.2, 0) is 4.74 Å². The highest BCUT2D eigenvalue weighted by molar-refractivity contribution is 6.12. The Morgan fingerprint density at radius 1 is 1.37 bits per heavy atom. The summed E-state index contributed by atoms with van der Waals surface area (Å²) in [6.07, 6.45) is 7.55. The average molecular weight is 264 g/mol. The van der Waals surface area contributed by atoms with Gasteiger partial charge in [0, 0.05) is 31.0 Å². The Morgan fingerprint density at radius 3 is 2.79 bits per heavy atom. The van der Waals surface area contributed by atoms with E-state index in [1.807, 2.05) is 7.05 Å². The molecule has 19 heavy (non-hydrogen) atoms. The predicted molar refractivity (Wildman–Crippen MR) is 80.4 cm³/mol. The Morgan fingerprint density at radius 2 is 2.16 bits per heavy atom. The molecule has 3 unspecified atom stereocenters. The molecule has 2 aliphatic rings. The van der Waals surface area contributed by atoms with Crippen molar-refractivity contribution in [3.63, 3.8) is 0 Å². The maximum Gasteiger partial charge on any atom is 0.0682 e. The molecular formula is C16H28N2O. The van der Waals surface area contributed by atoms with Crippen LogP contribution < -0.4 is 0 Å². The second-order valence-corrected chi connectivity index (χ2v) is 6.11. The maximum absolute atomic E-state index is 8.24. The van der Waals surface area contributed by atoms with Crippen LogP contribution in [0.25, 0.3) is 0 Å². The quantitative estimate of drug-likeness (QED) is 0.823. The van der Waals surface area contributed by atoms with Crippen LogP contribution in [0.15, 0.2) is 4.99 Å². The van der Waals surface area contributed by atoms with Gasteiger partial charge in [0.2, 0.25) is 0 Å². The molecule has 108 valence electrons. The molecule has 1 heterocycles. The van der Waals surface area contributed by atoms with Crippen molar-refractivity contribution in [1.82, 2.24) is 0 Å². The summed E-state index contributed by atoms with van der Waals surface area (Å²) >= 11 is 0. The fourth-order valence-electron chi connectivity index (χ4n) is 3.99. The maximum atomic E-state index is 8.24. The van der Waals surface area contributed by atoms with Gasteiger partial charge in [0.25, 0.3) is 0 Å². The van der Waals surface area contributed by atoms with Crippen LogP contribution in [-0.4, -0.2) is 30.7 Å². The zero-order chi connectivity index (χ0) is 13.9. The van der Waals surface area contributed by atoms with Crippen molar-refractivity contribution in [3.05, 3.63) is 0 Å². The number of nitrogens with zero attached hydrogens (tertiary/aromatic N) is 1. The molecule has 1 aliphatic carbocycles. The number of ether oxygens (including phenoxy) is 1. The molecule has 3 nitrogen and oxygen atoms in total. The first-order valence-electron chi connectivity index (χ1n) is 7.82. The fraction of sp³-hybridized carbons (Fsp3) is 0.875. The first kappa shape index (κ1) is 14.7. The molecule has 1 saturated carbocycles. The van der Waals surface area contributed by atoms with E-state index in [4.69, 9.17) is 10.1 Å². The van der Waals surface area contributed by atoms with Crippen LogP contribution in [0.4, 0.5) is 0 Å². The first-order chi connectivity index (χ1) is 9.15. The van der Waals surface area contributed by atoms with Crippen molar-refractivity contribution in [2.75, 3.05) is 13.7 Å². The highest BCUT2D eigenvalue weighted by atomic mass is 16.5. The number of nitrogens with one attached hydrogen (secondary N) is 1. The molecule has 0 radical (unpaired) electrons. The number of hydrogen-bond donors (Lipinski definition) is 1. The lowest BCUT2D eigenvalue weighted by Crippen LogP contribution is -2.43. The highest BCUT2D eigenvalue weighted by Crippen LogP contribution is 2.41. The normalized spacial score (nSPS) is 38.1. The monoisotopic (exact) mass is 264 g/mol. The van der Waals surface area contributed by atoms with Crippen LogP contribution in [0.2, 0.25) is 0 Å². The third-order valence-electron chi connectivity index (χ3n) is 5.02. The third kappa shape index (κ3) is 2.91. The van der Waals surface area contributed by atoms with E-state index in [-0.39, 0.29) is 5.60 Å². The van der Waals surface area contributed by atoms with Gasteiger partial charge in [-0.3, -0.25) is 4.99 Å². The Balaban J connectivity index is 2.14. The minimum absolute atomic E-state index is 0.0688. The summed E-state index contributed by atoms with van der Waals surface area (Å²) in [5.41, 5.74) is 2.24. The van der Waals surface area contributed by atoms with Crippen molar-refractivity contribution >= 4 is 11.4 Å². The van der Waals surface area contributed by atoms with Crippen LogP contribution in [0.5, 0.6) is 0 Å². The third-order valence-corrected chi connectivity index (χ3v) is 5.02. The van der Waals surface area contributed by atoms with Gasteiger partial charge in [-0.2, -0.15) is 0 Å². The van der Waals surface area contributed by atoms with Gasteiger partial charge in [-0.15, -0.1) is 0 Å². The van der Waals surface area contributed by atoms with Gasteiger partial charge in [-0.1, -0.05) is 20.3 Å². The molecular weight excluding hydrogens is 236 g/mol. The summed E-state index contributed by atoms with van der Waals surface area (Å²) in [6, 6.07) is 0. The Labute approximate surface area is 117 Å². The molecule has 2 rings (SSSR count). The molecule has 0 spiro atoms. The van der Waals surface area contributed by atoms with Crippen molar-refractivity contribution in [3.8, 4) is 0 Å². The average Bonchev–Trinajstić information content (AvgIpc) is 2.80. The SMILES string of the molecule is CCCC1(CC)CC(C2C(=N)CCC2=NC)CCO1. The van der Waals surface area contributed by atoms with Gasteiger partial charge in [-0.05, 0) is 44.4 Å². The molecule has 3 heteroatoms. The molecule has 3 atom stereocenters. The number of aliphatic imine (C=N–C) groups is 1. The second-order valence-electron chi connectivity index (χ2n) is 6.11. The van der Waals surface area contributed by atoms with E-state index < -0.39 is 0 Å². The fourth-order valence-corrected chi connectivity index (χ4v) is 3.99. The Hall–Kier alpha value is -0.700. The van der Waals surface area contributed by atoms with Crippen LogP contribution >= 0.6 is 0 Å². The van der Waals surface area contributed by atoms with E-state index in [9.17, 15) is 0 Å². The van der Waals surface area contributed by atoms with E-state index in [1.165, 1.54) is 12.1 Å². The molecule has 2 fully saturated rings. The number of rotatable bonds is 4. The summed E-state index contributed by atoms with van der Waals surface area (Å²) < 4.78 is 6.14. The lowest BCUT2D eigenvalue weighted by Gasteiger charge is -2.42. The smallest absolute Gasteiger partial charge is 0.0682 e. The van der Waals surface area contributed by atoms with Gasteiger partial charge in [0.1, 0.15) is 0 Å². The number of hydrogen-bond acceptors (Lipinski definition) is 3. The summed E-state index contributed by atoms with van der Waals surface area (Å²) in [4.78, 5) is 4.45. The van der Waals surface area contributed by atoms with Crippen LogP contribution in [0, 0.1) is 17.2 Å². The molecule has 1 N–H and O–H groups in total. The van der Waals surface area contributed by atoms with Crippen LogP contribution in [0.3, 0.4) is 0 Å². The Bertz CT molecular complexity index is 360. The zero-order valence-corrected chi connectivity index (χ0v) is 12.7. The molecule has 0 amide bonds. The lowest BCUT2D eigenvalue weighted by molar-refractivity contribution is -0.106. The van der Waals surface area contributed by atoms with Gasteiger partial charge in [0.05, 0.1) is 5.60 Å². The summed E-state index contributed by atoms with van der Waals surface area (Å²) in [7, 11) is 1.89. The molecule has 1 saturated heterocycles. The van der Waals surface area contributed by atoms with Crippen molar-refractivity contribution in [2.24, 2.45) is 16.8 Å². The van der Waals surface area contributed by atoms with Gasteiger partial charge >= 0.3 is 0 Å². The molecule has 0 bridgehead atoms. The van der Waals surface area contributed by atoms with E-state index in [0.29, 0.717) is 11.8 Å². The van der Waals surface area contributed by atoms with E-state index in [2.05, 4.69) is 18.8 Å². The zero-order valence-electron chi connectivity index (χ0n) is 12.7. The summed E-state index contributed by atoms with van der Waals surface area (Å²) in [5, 5.41) is 8.24. The van der Waals surface area contributed by atoms with E-state index in [0.717, 1.165) is 50.8 Å². The molecule has 0 aromatic rings. The molecule has 0 aromatic heterocycles.